The van der Waals surface area contributed by atoms with Crippen LogP contribution in [0.3, 0.4) is 0 Å². The summed E-state index contributed by atoms with van der Waals surface area (Å²) in [6.45, 7) is 3.06. The summed E-state index contributed by atoms with van der Waals surface area (Å²) in [6, 6.07) is 6.83. The third kappa shape index (κ3) is 7.21. The molecule has 136 valence electrons. The zero-order valence-electron chi connectivity index (χ0n) is 14.7. The van der Waals surface area contributed by atoms with Gasteiger partial charge in [-0.1, -0.05) is 19.8 Å². The minimum atomic E-state index is -3.40. The molecule has 1 N–H and O–H groups in total. The Kier molecular flexibility index (Phi) is 8.60. The Bertz CT molecular complexity index is 600. The Morgan fingerprint density at radius 1 is 1.17 bits per heavy atom. The van der Waals surface area contributed by atoms with Crippen molar-refractivity contribution in [2.24, 2.45) is 0 Å². The molecule has 0 atom stereocenters. The molecule has 0 aliphatic heterocycles. The maximum absolute atomic E-state index is 12.0. The Balaban J connectivity index is 2.54. The molecule has 1 aromatic rings. The van der Waals surface area contributed by atoms with Crippen LogP contribution in [0.1, 0.15) is 39.0 Å². The standard InChI is InChI=1S/C17H28N2O4S/c1-4-5-6-13-18-17(20)8-7-14-19(24(3,21)22)15-9-11-16(23-2)12-10-15/h9-12H,4-8,13-14H2,1-3H3,(H,18,20). The van der Waals surface area contributed by atoms with E-state index in [4.69, 9.17) is 4.74 Å². The normalized spacial score (nSPS) is 11.1. The van der Waals surface area contributed by atoms with Gasteiger partial charge in [0.25, 0.3) is 0 Å². The van der Waals surface area contributed by atoms with E-state index in [1.54, 1.807) is 31.4 Å². The summed E-state index contributed by atoms with van der Waals surface area (Å²) in [5.74, 6) is 0.632. The van der Waals surface area contributed by atoms with Crippen molar-refractivity contribution in [1.29, 1.82) is 0 Å². The number of unbranched alkanes of at least 4 members (excludes halogenated alkanes) is 2. The molecule has 0 spiro atoms. The summed E-state index contributed by atoms with van der Waals surface area (Å²) >= 11 is 0. The molecular weight excluding hydrogens is 328 g/mol. The predicted molar refractivity (Wildman–Crippen MR) is 97.0 cm³/mol. The van der Waals surface area contributed by atoms with Gasteiger partial charge in [-0.15, -0.1) is 0 Å². The van der Waals surface area contributed by atoms with Crippen LogP contribution in [-0.4, -0.2) is 40.8 Å². The van der Waals surface area contributed by atoms with Gasteiger partial charge in [0.1, 0.15) is 5.75 Å². The quantitative estimate of drug-likeness (QED) is 0.618. The van der Waals surface area contributed by atoms with Gasteiger partial charge in [-0.3, -0.25) is 9.10 Å². The fourth-order valence-corrected chi connectivity index (χ4v) is 3.27. The van der Waals surface area contributed by atoms with Crippen molar-refractivity contribution in [2.75, 3.05) is 30.8 Å². The average Bonchev–Trinajstić information content (AvgIpc) is 2.55. The lowest BCUT2D eigenvalue weighted by Crippen LogP contribution is -2.32. The number of carbonyl (C=O) groups excluding carboxylic acids is 1. The summed E-state index contributed by atoms with van der Waals surface area (Å²) < 4.78 is 30.4. The maximum atomic E-state index is 12.0. The topological polar surface area (TPSA) is 75.7 Å². The first-order valence-electron chi connectivity index (χ1n) is 8.27. The largest absolute Gasteiger partial charge is 0.497 e. The Labute approximate surface area is 145 Å². The molecule has 6 nitrogen and oxygen atoms in total. The number of nitrogens with one attached hydrogen (secondary N) is 1. The van der Waals surface area contributed by atoms with Crippen LogP contribution >= 0.6 is 0 Å². The van der Waals surface area contributed by atoms with E-state index in [9.17, 15) is 13.2 Å². The number of amides is 1. The highest BCUT2D eigenvalue weighted by Crippen LogP contribution is 2.21. The molecule has 0 bridgehead atoms. The number of sulfonamides is 1. The van der Waals surface area contributed by atoms with Gasteiger partial charge < -0.3 is 10.1 Å². The summed E-state index contributed by atoms with van der Waals surface area (Å²) in [4.78, 5) is 11.8. The molecule has 0 aromatic heterocycles. The molecule has 0 unspecified atom stereocenters. The summed E-state index contributed by atoms with van der Waals surface area (Å²) in [7, 11) is -1.84. The molecule has 7 heteroatoms. The molecule has 0 aliphatic carbocycles. The number of rotatable bonds is 11. The molecule has 1 amide bonds. The van der Waals surface area contributed by atoms with Crippen molar-refractivity contribution in [3.8, 4) is 5.75 Å². The number of methoxy groups -OCH3 is 1. The smallest absolute Gasteiger partial charge is 0.232 e. The molecule has 24 heavy (non-hydrogen) atoms. The molecule has 0 radical (unpaired) electrons. The summed E-state index contributed by atoms with van der Waals surface area (Å²) in [5, 5.41) is 2.86. The predicted octanol–water partition coefficient (Wildman–Crippen LogP) is 2.55. The zero-order chi connectivity index (χ0) is 18.0. The maximum Gasteiger partial charge on any atom is 0.232 e. The number of ether oxygens (including phenoxy) is 1. The van der Waals surface area contributed by atoms with Crippen molar-refractivity contribution < 1.29 is 17.9 Å². The second kappa shape index (κ2) is 10.2. The van der Waals surface area contributed by atoms with Gasteiger partial charge in [0.05, 0.1) is 19.1 Å². The highest BCUT2D eigenvalue weighted by molar-refractivity contribution is 7.92. The van der Waals surface area contributed by atoms with E-state index in [0.29, 0.717) is 30.8 Å². The second-order valence-electron chi connectivity index (χ2n) is 5.69. The minimum Gasteiger partial charge on any atom is -0.497 e. The van der Waals surface area contributed by atoms with Gasteiger partial charge in [0.2, 0.25) is 15.9 Å². The van der Waals surface area contributed by atoms with Gasteiger partial charge in [-0.25, -0.2) is 8.42 Å². The summed E-state index contributed by atoms with van der Waals surface area (Å²) in [5.41, 5.74) is 0.571. The van der Waals surface area contributed by atoms with Crippen molar-refractivity contribution in [2.45, 2.75) is 39.0 Å². The molecule has 0 heterocycles. The zero-order valence-corrected chi connectivity index (χ0v) is 15.6. The monoisotopic (exact) mass is 356 g/mol. The van der Waals surface area contributed by atoms with Crippen molar-refractivity contribution >= 4 is 21.6 Å². The van der Waals surface area contributed by atoms with Gasteiger partial charge in [0, 0.05) is 19.5 Å². The number of anilines is 1. The Morgan fingerprint density at radius 3 is 2.38 bits per heavy atom. The molecule has 0 fully saturated rings. The highest BCUT2D eigenvalue weighted by atomic mass is 32.2. The first-order chi connectivity index (χ1) is 11.4. The second-order valence-corrected chi connectivity index (χ2v) is 7.60. The van der Waals surface area contributed by atoms with Crippen LogP contribution in [0.25, 0.3) is 0 Å². The first-order valence-corrected chi connectivity index (χ1v) is 10.1. The van der Waals surface area contributed by atoms with Crippen LogP contribution in [-0.2, 0) is 14.8 Å². The van der Waals surface area contributed by atoms with Crippen molar-refractivity contribution in [3.05, 3.63) is 24.3 Å². The van der Waals surface area contributed by atoms with E-state index in [1.165, 1.54) is 10.6 Å². The van der Waals surface area contributed by atoms with Gasteiger partial charge in [0.15, 0.2) is 0 Å². The molecule has 0 saturated carbocycles. The van der Waals surface area contributed by atoms with Crippen LogP contribution < -0.4 is 14.4 Å². The van der Waals surface area contributed by atoms with E-state index in [-0.39, 0.29) is 12.5 Å². The molecule has 0 saturated heterocycles. The third-order valence-electron chi connectivity index (χ3n) is 3.63. The van der Waals surface area contributed by atoms with E-state index in [1.807, 2.05) is 0 Å². The number of hydrogen-bond donors (Lipinski definition) is 1. The summed E-state index contributed by atoms with van der Waals surface area (Å²) in [6.07, 6.45) is 5.14. The fraction of sp³-hybridized carbons (Fsp3) is 0.588. The third-order valence-corrected chi connectivity index (χ3v) is 4.82. The van der Waals surface area contributed by atoms with Crippen molar-refractivity contribution in [1.82, 2.24) is 5.32 Å². The number of benzene rings is 1. The van der Waals surface area contributed by atoms with E-state index in [0.717, 1.165) is 19.3 Å². The number of nitrogens with zero attached hydrogens (tertiary/aromatic N) is 1. The number of carbonyl (C=O) groups is 1. The van der Waals surface area contributed by atoms with Crippen LogP contribution in [0.5, 0.6) is 5.75 Å². The lowest BCUT2D eigenvalue weighted by molar-refractivity contribution is -0.121. The Hall–Kier alpha value is -1.76. The highest BCUT2D eigenvalue weighted by Gasteiger charge is 2.17. The average molecular weight is 356 g/mol. The van der Waals surface area contributed by atoms with Gasteiger partial charge in [-0.2, -0.15) is 0 Å². The van der Waals surface area contributed by atoms with Gasteiger partial charge in [-0.05, 0) is 37.1 Å². The van der Waals surface area contributed by atoms with Crippen LogP contribution in [0.2, 0.25) is 0 Å². The minimum absolute atomic E-state index is 0.0331. The first kappa shape index (κ1) is 20.3. The SMILES string of the molecule is CCCCCNC(=O)CCCN(c1ccc(OC)cc1)S(C)(=O)=O. The lowest BCUT2D eigenvalue weighted by Gasteiger charge is -2.22. The van der Waals surface area contributed by atoms with E-state index >= 15 is 0 Å². The molecular formula is C17H28N2O4S. The molecule has 1 aromatic carbocycles. The number of hydrogen-bond acceptors (Lipinski definition) is 4. The molecule has 0 aliphatic rings. The molecule has 1 rings (SSSR count). The van der Waals surface area contributed by atoms with Crippen LogP contribution in [0.15, 0.2) is 24.3 Å². The van der Waals surface area contributed by atoms with Gasteiger partial charge >= 0.3 is 0 Å². The Morgan fingerprint density at radius 2 is 1.83 bits per heavy atom. The van der Waals surface area contributed by atoms with E-state index in [2.05, 4.69) is 12.2 Å². The van der Waals surface area contributed by atoms with E-state index < -0.39 is 10.0 Å². The van der Waals surface area contributed by atoms with Crippen LogP contribution in [0.4, 0.5) is 5.69 Å². The lowest BCUT2D eigenvalue weighted by atomic mass is 10.2. The van der Waals surface area contributed by atoms with Crippen LogP contribution in [0, 0.1) is 0 Å². The fourth-order valence-electron chi connectivity index (χ4n) is 2.31. The van der Waals surface area contributed by atoms with Crippen molar-refractivity contribution in [3.63, 3.8) is 0 Å².